The number of rotatable bonds is 3. The predicted octanol–water partition coefficient (Wildman–Crippen LogP) is 1.92. The second kappa shape index (κ2) is 4.47. The summed E-state index contributed by atoms with van der Waals surface area (Å²) in [5.74, 6) is 1.63. The van der Waals surface area contributed by atoms with Gasteiger partial charge < -0.3 is 5.32 Å². The Hall–Kier alpha value is -0.550. The molecule has 1 N–H and O–H groups in total. The van der Waals surface area contributed by atoms with Crippen LogP contribution in [0.25, 0.3) is 0 Å². The molecular formula is C10H18N2. The Morgan fingerprint density at radius 1 is 1.42 bits per heavy atom. The molecule has 2 nitrogen and oxygen atoms in total. The lowest BCUT2D eigenvalue weighted by atomic mass is 9.98. The van der Waals surface area contributed by atoms with E-state index in [-0.39, 0.29) is 0 Å². The van der Waals surface area contributed by atoms with Gasteiger partial charge in [-0.05, 0) is 24.7 Å². The lowest BCUT2D eigenvalue weighted by Crippen LogP contribution is -2.32. The van der Waals surface area contributed by atoms with Crippen LogP contribution in [-0.2, 0) is 0 Å². The van der Waals surface area contributed by atoms with E-state index in [4.69, 9.17) is 5.26 Å². The molecule has 0 aromatic rings. The average Bonchev–Trinajstić information content (AvgIpc) is 2.36. The molecule has 1 aliphatic carbocycles. The van der Waals surface area contributed by atoms with E-state index < -0.39 is 0 Å². The summed E-state index contributed by atoms with van der Waals surface area (Å²) in [4.78, 5) is 0. The topological polar surface area (TPSA) is 35.8 Å². The summed E-state index contributed by atoms with van der Waals surface area (Å²) in [6.07, 6.45) is 3.26. The fourth-order valence-corrected chi connectivity index (χ4v) is 1.97. The first-order valence-corrected chi connectivity index (χ1v) is 4.86. The molecule has 0 saturated heterocycles. The molecule has 3 atom stereocenters. The monoisotopic (exact) mass is 166 g/mol. The van der Waals surface area contributed by atoms with E-state index in [0.29, 0.717) is 12.5 Å². The second-order valence-corrected chi connectivity index (χ2v) is 3.88. The van der Waals surface area contributed by atoms with Gasteiger partial charge in [-0.25, -0.2) is 0 Å². The van der Waals surface area contributed by atoms with E-state index in [9.17, 15) is 0 Å². The number of hydrogen-bond donors (Lipinski definition) is 1. The van der Waals surface area contributed by atoms with Crippen LogP contribution in [0.5, 0.6) is 0 Å². The van der Waals surface area contributed by atoms with Crippen LogP contribution in [0.4, 0.5) is 0 Å². The molecule has 12 heavy (non-hydrogen) atoms. The van der Waals surface area contributed by atoms with Crippen LogP contribution in [-0.4, -0.2) is 12.6 Å². The van der Waals surface area contributed by atoms with Crippen molar-refractivity contribution >= 4 is 0 Å². The zero-order valence-corrected chi connectivity index (χ0v) is 8.01. The van der Waals surface area contributed by atoms with Crippen molar-refractivity contribution in [3.8, 4) is 6.07 Å². The molecule has 0 heterocycles. The van der Waals surface area contributed by atoms with Crippen LogP contribution < -0.4 is 5.32 Å². The minimum absolute atomic E-state index is 0.637. The highest BCUT2D eigenvalue weighted by atomic mass is 14.9. The average molecular weight is 166 g/mol. The molecule has 2 heteroatoms. The van der Waals surface area contributed by atoms with Gasteiger partial charge in [0.1, 0.15) is 0 Å². The summed E-state index contributed by atoms with van der Waals surface area (Å²) >= 11 is 0. The fraction of sp³-hybridized carbons (Fsp3) is 0.900. The normalized spacial score (nSPS) is 34.9. The molecule has 0 aromatic carbocycles. The zero-order valence-electron chi connectivity index (χ0n) is 8.01. The Morgan fingerprint density at radius 3 is 2.67 bits per heavy atom. The minimum Gasteiger partial charge on any atom is -0.313 e. The van der Waals surface area contributed by atoms with E-state index in [1.165, 1.54) is 12.8 Å². The molecule has 0 aliphatic heterocycles. The molecule has 68 valence electrons. The van der Waals surface area contributed by atoms with Gasteiger partial charge in [-0.1, -0.05) is 13.8 Å². The molecule has 0 radical (unpaired) electrons. The van der Waals surface area contributed by atoms with E-state index >= 15 is 0 Å². The molecule has 3 unspecified atom stereocenters. The van der Waals surface area contributed by atoms with Gasteiger partial charge in [0.15, 0.2) is 0 Å². The van der Waals surface area contributed by atoms with Crippen LogP contribution >= 0.6 is 0 Å². The van der Waals surface area contributed by atoms with Gasteiger partial charge in [0, 0.05) is 19.0 Å². The Kier molecular flexibility index (Phi) is 3.55. The van der Waals surface area contributed by atoms with Crippen molar-refractivity contribution in [3.05, 3.63) is 0 Å². The first-order valence-electron chi connectivity index (χ1n) is 4.86. The maximum atomic E-state index is 8.37. The van der Waals surface area contributed by atoms with E-state index in [2.05, 4.69) is 25.2 Å². The Bertz CT molecular complexity index is 171. The Morgan fingerprint density at radius 2 is 2.17 bits per heavy atom. The second-order valence-electron chi connectivity index (χ2n) is 3.88. The van der Waals surface area contributed by atoms with Gasteiger partial charge in [-0.3, -0.25) is 0 Å². The smallest absolute Gasteiger partial charge is 0.0635 e. The van der Waals surface area contributed by atoms with Crippen molar-refractivity contribution in [2.45, 2.75) is 39.2 Å². The number of nitrogens with zero attached hydrogens (tertiary/aromatic N) is 1. The lowest BCUT2D eigenvalue weighted by Gasteiger charge is -2.18. The van der Waals surface area contributed by atoms with Crippen molar-refractivity contribution in [2.24, 2.45) is 11.8 Å². The van der Waals surface area contributed by atoms with Crippen LogP contribution in [0.2, 0.25) is 0 Å². The molecule has 1 fully saturated rings. The quantitative estimate of drug-likeness (QED) is 0.650. The van der Waals surface area contributed by atoms with Crippen LogP contribution in [0.1, 0.15) is 33.1 Å². The number of hydrogen-bond acceptors (Lipinski definition) is 2. The van der Waals surface area contributed by atoms with Crippen LogP contribution in [0.3, 0.4) is 0 Å². The Balaban J connectivity index is 2.21. The fourth-order valence-electron chi connectivity index (χ4n) is 1.97. The van der Waals surface area contributed by atoms with Crippen molar-refractivity contribution in [3.63, 3.8) is 0 Å². The summed E-state index contributed by atoms with van der Waals surface area (Å²) in [5.41, 5.74) is 0. The summed E-state index contributed by atoms with van der Waals surface area (Å²) in [7, 11) is 0. The van der Waals surface area contributed by atoms with Gasteiger partial charge in [0.25, 0.3) is 0 Å². The van der Waals surface area contributed by atoms with Gasteiger partial charge in [0.2, 0.25) is 0 Å². The van der Waals surface area contributed by atoms with Gasteiger partial charge in [-0.15, -0.1) is 0 Å². The highest BCUT2D eigenvalue weighted by molar-refractivity contribution is 4.85. The summed E-state index contributed by atoms with van der Waals surface area (Å²) in [5, 5.41) is 11.8. The summed E-state index contributed by atoms with van der Waals surface area (Å²) in [6, 6.07) is 2.82. The van der Waals surface area contributed by atoms with Gasteiger partial charge >= 0.3 is 0 Å². The van der Waals surface area contributed by atoms with Gasteiger partial charge in [-0.2, -0.15) is 5.26 Å². The van der Waals surface area contributed by atoms with E-state index in [1.54, 1.807) is 0 Å². The largest absolute Gasteiger partial charge is 0.313 e. The van der Waals surface area contributed by atoms with Crippen molar-refractivity contribution in [1.29, 1.82) is 5.26 Å². The Labute approximate surface area is 75.0 Å². The standard InChI is InChI=1S/C10H18N2/c1-8-4-5-10(9(8)2)12-7-3-6-11/h8-10,12H,3-5,7H2,1-2H3. The molecule has 0 spiro atoms. The number of nitriles is 1. The minimum atomic E-state index is 0.637. The molecule has 0 bridgehead atoms. The third-order valence-electron chi connectivity index (χ3n) is 3.11. The molecule has 1 saturated carbocycles. The molecule has 0 amide bonds. The lowest BCUT2D eigenvalue weighted by molar-refractivity contribution is 0.373. The summed E-state index contributed by atoms with van der Waals surface area (Å²) in [6.45, 7) is 5.48. The van der Waals surface area contributed by atoms with Crippen molar-refractivity contribution in [1.82, 2.24) is 5.32 Å². The summed E-state index contributed by atoms with van der Waals surface area (Å²) < 4.78 is 0. The van der Waals surface area contributed by atoms with Crippen molar-refractivity contribution in [2.75, 3.05) is 6.54 Å². The highest BCUT2D eigenvalue weighted by Gasteiger charge is 2.28. The molecular weight excluding hydrogens is 148 g/mol. The zero-order chi connectivity index (χ0) is 8.97. The first kappa shape index (κ1) is 9.54. The molecule has 1 aliphatic rings. The third kappa shape index (κ3) is 2.22. The van der Waals surface area contributed by atoms with Crippen molar-refractivity contribution < 1.29 is 0 Å². The molecule has 0 aromatic heterocycles. The third-order valence-corrected chi connectivity index (χ3v) is 3.11. The maximum Gasteiger partial charge on any atom is 0.0635 e. The van der Waals surface area contributed by atoms with Crippen LogP contribution in [0.15, 0.2) is 0 Å². The predicted molar refractivity (Wildman–Crippen MR) is 49.6 cm³/mol. The van der Waals surface area contributed by atoms with Crippen LogP contribution in [0, 0.1) is 23.2 Å². The van der Waals surface area contributed by atoms with E-state index in [0.717, 1.165) is 18.4 Å². The first-order chi connectivity index (χ1) is 5.75. The van der Waals surface area contributed by atoms with E-state index in [1.807, 2.05) is 0 Å². The molecule has 1 rings (SSSR count). The SMILES string of the molecule is CC1CCC(NCCC#N)C1C. The number of nitrogens with one attached hydrogen (secondary N) is 1. The maximum absolute atomic E-state index is 8.37. The highest BCUT2D eigenvalue weighted by Crippen LogP contribution is 2.30. The van der Waals surface area contributed by atoms with Gasteiger partial charge in [0.05, 0.1) is 6.07 Å².